The van der Waals surface area contributed by atoms with Crippen molar-refractivity contribution < 1.29 is 13.9 Å². The lowest BCUT2D eigenvalue weighted by Gasteiger charge is -2.13. The van der Waals surface area contributed by atoms with E-state index in [-0.39, 0.29) is 12.6 Å². The minimum Gasteiger partial charge on any atom is -0.454 e. The molecular formula is C17H17BrFN3O2. The van der Waals surface area contributed by atoms with E-state index in [2.05, 4.69) is 31.6 Å². The Labute approximate surface area is 148 Å². The first-order chi connectivity index (χ1) is 11.7. The third-order valence-electron chi connectivity index (χ3n) is 3.57. The third kappa shape index (κ3) is 3.97. The lowest BCUT2D eigenvalue weighted by molar-refractivity contribution is 0.174. The maximum atomic E-state index is 13.8. The Morgan fingerprint density at radius 1 is 1.12 bits per heavy atom. The number of halogens is 2. The van der Waals surface area contributed by atoms with Crippen molar-refractivity contribution >= 4 is 21.9 Å². The van der Waals surface area contributed by atoms with E-state index < -0.39 is 0 Å². The summed E-state index contributed by atoms with van der Waals surface area (Å²) in [6.45, 7) is 1.16. The normalized spacial score (nSPS) is 13.0. The van der Waals surface area contributed by atoms with Crippen molar-refractivity contribution in [2.45, 2.75) is 13.1 Å². The summed E-state index contributed by atoms with van der Waals surface area (Å²) in [5.41, 5.74) is 1.60. The number of rotatable bonds is 4. The number of guanidine groups is 1. The van der Waals surface area contributed by atoms with Gasteiger partial charge in [-0.2, -0.15) is 0 Å². The molecule has 0 saturated heterocycles. The molecule has 2 aromatic rings. The number of aliphatic imine (C=N–C) groups is 1. The van der Waals surface area contributed by atoms with E-state index >= 15 is 0 Å². The van der Waals surface area contributed by atoms with Crippen molar-refractivity contribution in [3.05, 3.63) is 57.8 Å². The molecule has 0 unspecified atom stereocenters. The van der Waals surface area contributed by atoms with Crippen molar-refractivity contribution in [2.24, 2.45) is 4.99 Å². The van der Waals surface area contributed by atoms with Gasteiger partial charge in [0, 0.05) is 30.2 Å². The number of benzene rings is 2. The summed E-state index contributed by atoms with van der Waals surface area (Å²) in [5, 5.41) is 6.29. The van der Waals surface area contributed by atoms with Gasteiger partial charge >= 0.3 is 0 Å². The monoisotopic (exact) mass is 393 g/mol. The lowest BCUT2D eigenvalue weighted by atomic mass is 10.2. The van der Waals surface area contributed by atoms with Gasteiger partial charge < -0.3 is 20.1 Å². The molecule has 126 valence electrons. The second kappa shape index (κ2) is 7.53. The average molecular weight is 394 g/mol. The van der Waals surface area contributed by atoms with Crippen LogP contribution in [0.2, 0.25) is 0 Å². The molecule has 0 aliphatic carbocycles. The first-order valence-corrected chi connectivity index (χ1v) is 8.22. The molecule has 1 heterocycles. The topological polar surface area (TPSA) is 54.9 Å². The molecule has 0 saturated carbocycles. The molecule has 2 N–H and O–H groups in total. The van der Waals surface area contributed by atoms with E-state index in [0.717, 1.165) is 21.5 Å². The average Bonchev–Trinajstić information content (AvgIpc) is 3.05. The predicted molar refractivity (Wildman–Crippen MR) is 93.7 cm³/mol. The van der Waals surface area contributed by atoms with Crippen LogP contribution in [0.3, 0.4) is 0 Å². The van der Waals surface area contributed by atoms with Gasteiger partial charge in [-0.15, -0.1) is 0 Å². The fraction of sp³-hybridized carbons (Fsp3) is 0.235. The zero-order valence-corrected chi connectivity index (χ0v) is 14.7. The summed E-state index contributed by atoms with van der Waals surface area (Å²) in [5.74, 6) is 1.84. The molecule has 0 atom stereocenters. The van der Waals surface area contributed by atoms with Gasteiger partial charge in [-0.3, -0.25) is 4.99 Å². The lowest BCUT2D eigenvalue weighted by Crippen LogP contribution is -2.36. The first kappa shape index (κ1) is 16.6. The molecule has 0 bridgehead atoms. The van der Waals surface area contributed by atoms with E-state index in [0.29, 0.717) is 24.6 Å². The summed E-state index contributed by atoms with van der Waals surface area (Å²) >= 11 is 3.34. The van der Waals surface area contributed by atoms with Crippen LogP contribution >= 0.6 is 15.9 Å². The van der Waals surface area contributed by atoms with Gasteiger partial charge in [-0.05, 0) is 35.9 Å². The van der Waals surface area contributed by atoms with Gasteiger partial charge in [0.15, 0.2) is 17.5 Å². The Morgan fingerprint density at radius 3 is 2.75 bits per heavy atom. The SMILES string of the molecule is CN=C(NCc1ccc2c(c1)OCO2)NCc1cc(Br)ccc1F. The molecule has 7 heteroatoms. The zero-order chi connectivity index (χ0) is 16.9. The molecule has 0 radical (unpaired) electrons. The summed E-state index contributed by atoms with van der Waals surface area (Å²) in [4.78, 5) is 4.15. The number of nitrogens with zero attached hydrogens (tertiary/aromatic N) is 1. The van der Waals surface area contributed by atoms with Crippen molar-refractivity contribution in [3.8, 4) is 11.5 Å². The van der Waals surface area contributed by atoms with Crippen molar-refractivity contribution in [3.63, 3.8) is 0 Å². The van der Waals surface area contributed by atoms with E-state index in [1.807, 2.05) is 18.2 Å². The van der Waals surface area contributed by atoms with Crippen LogP contribution in [0.15, 0.2) is 45.9 Å². The molecule has 24 heavy (non-hydrogen) atoms. The molecule has 0 fully saturated rings. The Balaban J connectivity index is 1.56. The van der Waals surface area contributed by atoms with Gasteiger partial charge in [0.2, 0.25) is 6.79 Å². The van der Waals surface area contributed by atoms with Crippen molar-refractivity contribution in [1.29, 1.82) is 0 Å². The Bertz CT molecular complexity index is 767. The first-order valence-electron chi connectivity index (χ1n) is 7.42. The molecule has 0 spiro atoms. The highest BCUT2D eigenvalue weighted by molar-refractivity contribution is 9.10. The minimum absolute atomic E-state index is 0.253. The maximum absolute atomic E-state index is 13.8. The predicted octanol–water partition coefficient (Wildman–Crippen LogP) is 3.18. The molecule has 3 rings (SSSR count). The second-order valence-corrected chi connectivity index (χ2v) is 6.12. The number of fused-ring (bicyclic) bond motifs is 1. The molecule has 1 aliphatic rings. The van der Waals surface area contributed by atoms with Crippen LogP contribution in [0.25, 0.3) is 0 Å². The molecule has 0 amide bonds. The van der Waals surface area contributed by atoms with Crippen LogP contribution in [0, 0.1) is 5.82 Å². The van der Waals surface area contributed by atoms with Crippen molar-refractivity contribution in [1.82, 2.24) is 10.6 Å². The van der Waals surface area contributed by atoms with Crippen LogP contribution in [-0.4, -0.2) is 19.8 Å². The minimum atomic E-state index is -0.253. The number of nitrogens with one attached hydrogen (secondary N) is 2. The van der Waals surface area contributed by atoms with Crippen LogP contribution < -0.4 is 20.1 Å². The van der Waals surface area contributed by atoms with Crippen LogP contribution in [0.1, 0.15) is 11.1 Å². The number of hydrogen-bond donors (Lipinski definition) is 2. The highest BCUT2D eigenvalue weighted by Crippen LogP contribution is 2.32. The quantitative estimate of drug-likeness (QED) is 0.618. The summed E-state index contributed by atoms with van der Waals surface area (Å²) < 4.78 is 25.2. The second-order valence-electron chi connectivity index (χ2n) is 5.20. The number of hydrogen-bond acceptors (Lipinski definition) is 3. The van der Waals surface area contributed by atoms with Gasteiger partial charge in [0.25, 0.3) is 0 Å². The van der Waals surface area contributed by atoms with E-state index in [1.165, 1.54) is 6.07 Å². The summed E-state index contributed by atoms with van der Waals surface area (Å²) in [7, 11) is 1.67. The largest absolute Gasteiger partial charge is 0.454 e. The zero-order valence-electron chi connectivity index (χ0n) is 13.1. The summed E-state index contributed by atoms with van der Waals surface area (Å²) in [6, 6.07) is 10.6. The van der Waals surface area contributed by atoms with Gasteiger partial charge in [0.05, 0.1) is 0 Å². The standard InChI is InChI=1S/C17H17BrFN3O2/c1-20-17(22-9-12-7-13(18)3-4-14(12)19)21-8-11-2-5-15-16(6-11)24-10-23-15/h2-7H,8-10H2,1H3,(H2,20,21,22). The third-order valence-corrected chi connectivity index (χ3v) is 4.07. The van der Waals surface area contributed by atoms with Gasteiger partial charge in [-0.25, -0.2) is 4.39 Å². The molecule has 0 aromatic heterocycles. The Kier molecular flexibility index (Phi) is 5.20. The molecule has 2 aromatic carbocycles. The Morgan fingerprint density at radius 2 is 1.92 bits per heavy atom. The molecule has 5 nitrogen and oxygen atoms in total. The van der Waals surface area contributed by atoms with E-state index in [1.54, 1.807) is 19.2 Å². The van der Waals surface area contributed by atoms with Gasteiger partial charge in [-0.1, -0.05) is 22.0 Å². The fourth-order valence-corrected chi connectivity index (χ4v) is 2.72. The van der Waals surface area contributed by atoms with Crippen LogP contribution in [0.5, 0.6) is 11.5 Å². The fourth-order valence-electron chi connectivity index (χ4n) is 2.32. The molecule has 1 aliphatic heterocycles. The van der Waals surface area contributed by atoms with Crippen LogP contribution in [-0.2, 0) is 13.1 Å². The van der Waals surface area contributed by atoms with Crippen LogP contribution in [0.4, 0.5) is 4.39 Å². The smallest absolute Gasteiger partial charge is 0.231 e. The van der Waals surface area contributed by atoms with Crippen molar-refractivity contribution in [2.75, 3.05) is 13.8 Å². The number of ether oxygens (including phenoxy) is 2. The highest BCUT2D eigenvalue weighted by atomic mass is 79.9. The molecular weight excluding hydrogens is 377 g/mol. The maximum Gasteiger partial charge on any atom is 0.231 e. The van der Waals surface area contributed by atoms with E-state index in [4.69, 9.17) is 9.47 Å². The van der Waals surface area contributed by atoms with Gasteiger partial charge in [0.1, 0.15) is 5.82 Å². The highest BCUT2D eigenvalue weighted by Gasteiger charge is 2.13. The Hall–Kier alpha value is -2.28. The van der Waals surface area contributed by atoms with E-state index in [9.17, 15) is 4.39 Å². The summed E-state index contributed by atoms with van der Waals surface area (Å²) in [6.07, 6.45) is 0.